The van der Waals surface area contributed by atoms with Gasteiger partial charge in [-0.1, -0.05) is 6.92 Å². The van der Waals surface area contributed by atoms with Crippen molar-refractivity contribution in [3.05, 3.63) is 79.0 Å². The van der Waals surface area contributed by atoms with Gasteiger partial charge in [-0.2, -0.15) is 5.10 Å². The summed E-state index contributed by atoms with van der Waals surface area (Å²) < 4.78 is 35.4. The minimum absolute atomic E-state index is 0.101. The van der Waals surface area contributed by atoms with Crippen LogP contribution in [0.2, 0.25) is 0 Å². The number of pyridine rings is 2. The highest BCUT2D eigenvalue weighted by atomic mass is 19.1. The summed E-state index contributed by atoms with van der Waals surface area (Å²) in [6.07, 6.45) is 10.0. The van der Waals surface area contributed by atoms with E-state index >= 15 is 0 Å². The molecule has 0 bridgehead atoms. The van der Waals surface area contributed by atoms with Gasteiger partial charge in [-0.3, -0.25) is 14.6 Å². The average molecular weight is 534 g/mol. The largest absolute Gasteiger partial charge is 0.444 e. The second-order valence-corrected chi connectivity index (χ2v) is 10.5. The summed E-state index contributed by atoms with van der Waals surface area (Å²) in [5.74, 6) is -1.07. The zero-order valence-electron chi connectivity index (χ0n) is 22.9. The number of ether oxygens (including phenoxy) is 1. The second kappa shape index (κ2) is 11.7. The van der Waals surface area contributed by atoms with Gasteiger partial charge in [0.15, 0.2) is 0 Å². The van der Waals surface area contributed by atoms with Gasteiger partial charge < -0.3 is 9.64 Å². The van der Waals surface area contributed by atoms with Crippen molar-refractivity contribution in [3.63, 3.8) is 0 Å². The molecule has 204 valence electrons. The van der Waals surface area contributed by atoms with Crippen molar-refractivity contribution in [1.82, 2.24) is 24.6 Å². The SMILES string of the molecule is CCC(CCN(C)C(=O)OC(C)(C)C)n1cc(-c2cncc(-c3ccnc(-c4cc(F)ccc4F)c3)c2)cn1. The van der Waals surface area contributed by atoms with E-state index in [9.17, 15) is 13.6 Å². The van der Waals surface area contributed by atoms with Crippen molar-refractivity contribution < 1.29 is 18.3 Å². The monoisotopic (exact) mass is 533 g/mol. The third-order valence-electron chi connectivity index (χ3n) is 6.32. The van der Waals surface area contributed by atoms with E-state index in [1.165, 1.54) is 0 Å². The van der Waals surface area contributed by atoms with Crippen molar-refractivity contribution in [2.75, 3.05) is 13.6 Å². The van der Waals surface area contributed by atoms with Crippen LogP contribution >= 0.6 is 0 Å². The Labute approximate surface area is 227 Å². The number of carbonyl (C=O) groups excluding carboxylic acids is 1. The topological polar surface area (TPSA) is 73.1 Å². The van der Waals surface area contributed by atoms with Crippen LogP contribution in [0.5, 0.6) is 0 Å². The molecule has 0 radical (unpaired) electrons. The van der Waals surface area contributed by atoms with Gasteiger partial charge in [-0.05, 0) is 75.6 Å². The fourth-order valence-corrected chi connectivity index (χ4v) is 4.19. The van der Waals surface area contributed by atoms with Crippen molar-refractivity contribution in [3.8, 4) is 33.5 Å². The van der Waals surface area contributed by atoms with Crippen molar-refractivity contribution in [2.24, 2.45) is 0 Å². The summed E-state index contributed by atoms with van der Waals surface area (Å²) in [4.78, 5) is 22.5. The van der Waals surface area contributed by atoms with Gasteiger partial charge in [0.2, 0.25) is 0 Å². The fraction of sp³-hybridized carbons (Fsp3) is 0.333. The molecule has 1 aromatic carbocycles. The van der Waals surface area contributed by atoms with Crippen LogP contribution in [0.25, 0.3) is 33.5 Å². The molecular formula is C30H33F2N5O2. The molecule has 0 saturated heterocycles. The van der Waals surface area contributed by atoms with Gasteiger partial charge in [0.05, 0.1) is 17.9 Å². The molecule has 4 aromatic rings. The van der Waals surface area contributed by atoms with E-state index in [2.05, 4.69) is 22.0 Å². The number of benzene rings is 1. The highest BCUT2D eigenvalue weighted by molar-refractivity contribution is 5.74. The Bertz CT molecular complexity index is 1450. The lowest BCUT2D eigenvalue weighted by Gasteiger charge is -2.26. The molecule has 3 aromatic heterocycles. The van der Waals surface area contributed by atoms with Crippen LogP contribution in [0.1, 0.15) is 46.6 Å². The van der Waals surface area contributed by atoms with E-state index in [0.29, 0.717) is 12.2 Å². The molecule has 3 heterocycles. The molecule has 1 amide bonds. The second-order valence-electron chi connectivity index (χ2n) is 10.5. The van der Waals surface area contributed by atoms with Crippen LogP contribution in [0.3, 0.4) is 0 Å². The van der Waals surface area contributed by atoms with E-state index in [0.717, 1.165) is 53.3 Å². The zero-order chi connectivity index (χ0) is 28.2. The van der Waals surface area contributed by atoms with Crippen LogP contribution in [-0.4, -0.2) is 49.9 Å². The molecule has 1 atom stereocenters. The standard InChI is InChI=1S/C30H33F2N5O2/c1-6-25(10-12-36(5)29(38)39-30(2,3)4)37-19-23(18-35-37)22-13-21(16-33-17-22)20-9-11-34-28(14-20)26-15-24(31)7-8-27(26)32/h7-9,11,13-19,25H,6,10,12H2,1-5H3. The number of rotatable bonds is 8. The molecule has 0 N–H and O–H groups in total. The smallest absolute Gasteiger partial charge is 0.410 e. The number of aromatic nitrogens is 4. The lowest BCUT2D eigenvalue weighted by Crippen LogP contribution is -2.35. The molecule has 0 aliphatic heterocycles. The Morgan fingerprint density at radius 3 is 2.49 bits per heavy atom. The van der Waals surface area contributed by atoms with Crippen LogP contribution < -0.4 is 0 Å². The van der Waals surface area contributed by atoms with Crippen LogP contribution in [-0.2, 0) is 4.74 Å². The van der Waals surface area contributed by atoms with Crippen molar-refractivity contribution in [1.29, 1.82) is 0 Å². The molecule has 1 unspecified atom stereocenters. The first-order valence-electron chi connectivity index (χ1n) is 12.9. The lowest BCUT2D eigenvalue weighted by atomic mass is 10.0. The summed E-state index contributed by atoms with van der Waals surface area (Å²) in [5.41, 5.74) is 3.26. The minimum Gasteiger partial charge on any atom is -0.444 e. The Morgan fingerprint density at radius 2 is 1.77 bits per heavy atom. The van der Waals surface area contributed by atoms with Gasteiger partial charge in [0.1, 0.15) is 17.2 Å². The number of halogens is 2. The molecule has 0 fully saturated rings. The number of hydrogen-bond donors (Lipinski definition) is 0. The minimum atomic E-state index is -0.539. The summed E-state index contributed by atoms with van der Waals surface area (Å²) in [6, 6.07) is 8.92. The maximum absolute atomic E-state index is 14.3. The van der Waals surface area contributed by atoms with Gasteiger partial charge >= 0.3 is 6.09 Å². The molecule has 9 heteroatoms. The third kappa shape index (κ3) is 7.04. The van der Waals surface area contributed by atoms with E-state index in [-0.39, 0.29) is 17.7 Å². The summed E-state index contributed by atoms with van der Waals surface area (Å²) in [6.45, 7) is 8.17. The Hall–Kier alpha value is -4.14. The highest BCUT2D eigenvalue weighted by Crippen LogP contribution is 2.30. The summed E-state index contributed by atoms with van der Waals surface area (Å²) >= 11 is 0. The lowest BCUT2D eigenvalue weighted by molar-refractivity contribution is 0.0290. The Kier molecular flexibility index (Phi) is 8.38. The first-order valence-corrected chi connectivity index (χ1v) is 12.9. The third-order valence-corrected chi connectivity index (χ3v) is 6.32. The quantitative estimate of drug-likeness (QED) is 0.240. The molecular weight excluding hydrogens is 500 g/mol. The van der Waals surface area contributed by atoms with Crippen molar-refractivity contribution in [2.45, 2.75) is 52.2 Å². The zero-order valence-corrected chi connectivity index (χ0v) is 22.9. The normalized spacial score (nSPS) is 12.3. The van der Waals surface area contributed by atoms with Crippen LogP contribution in [0.15, 0.2) is 67.4 Å². The van der Waals surface area contributed by atoms with Gasteiger partial charge in [-0.25, -0.2) is 13.6 Å². The van der Waals surface area contributed by atoms with Gasteiger partial charge in [0, 0.05) is 60.6 Å². The molecule has 0 aliphatic rings. The van der Waals surface area contributed by atoms with Crippen molar-refractivity contribution >= 4 is 6.09 Å². The van der Waals surface area contributed by atoms with E-state index in [4.69, 9.17) is 4.74 Å². The molecule has 0 spiro atoms. The number of amides is 1. The first kappa shape index (κ1) is 27.9. The molecule has 4 rings (SSSR count). The number of nitrogens with zero attached hydrogens (tertiary/aromatic N) is 5. The van der Waals surface area contributed by atoms with Crippen LogP contribution in [0.4, 0.5) is 13.6 Å². The number of carbonyl (C=O) groups is 1. The predicted molar refractivity (Wildman–Crippen MR) is 147 cm³/mol. The average Bonchev–Trinajstić information content (AvgIpc) is 3.40. The number of hydrogen-bond acceptors (Lipinski definition) is 5. The fourth-order valence-electron chi connectivity index (χ4n) is 4.19. The highest BCUT2D eigenvalue weighted by Gasteiger charge is 2.21. The Balaban J connectivity index is 1.51. The van der Waals surface area contributed by atoms with E-state index < -0.39 is 17.2 Å². The Morgan fingerprint density at radius 1 is 1.03 bits per heavy atom. The molecule has 7 nitrogen and oxygen atoms in total. The summed E-state index contributed by atoms with van der Waals surface area (Å²) in [7, 11) is 1.74. The molecule has 0 aliphatic carbocycles. The first-order chi connectivity index (χ1) is 18.5. The van der Waals surface area contributed by atoms with Crippen LogP contribution in [0, 0.1) is 11.6 Å². The molecule has 39 heavy (non-hydrogen) atoms. The maximum atomic E-state index is 14.3. The predicted octanol–water partition coefficient (Wildman–Crippen LogP) is 7.16. The van der Waals surface area contributed by atoms with E-state index in [1.807, 2.05) is 37.7 Å². The van der Waals surface area contributed by atoms with Gasteiger partial charge in [-0.15, -0.1) is 0 Å². The van der Waals surface area contributed by atoms with E-state index in [1.54, 1.807) is 48.9 Å². The molecule has 0 saturated carbocycles. The maximum Gasteiger partial charge on any atom is 0.410 e. The van der Waals surface area contributed by atoms with Gasteiger partial charge in [0.25, 0.3) is 0 Å². The summed E-state index contributed by atoms with van der Waals surface area (Å²) in [5, 5.41) is 4.59.